The minimum atomic E-state index is -0.158. The van der Waals surface area contributed by atoms with Gasteiger partial charge in [-0.1, -0.05) is 6.07 Å². The Morgan fingerprint density at radius 2 is 1.94 bits per heavy atom. The molecule has 0 spiro atoms. The minimum absolute atomic E-state index is 0.158. The summed E-state index contributed by atoms with van der Waals surface area (Å²) in [6, 6.07) is 10.2. The number of pyridine rings is 1. The van der Waals surface area contributed by atoms with Gasteiger partial charge in [0.25, 0.3) is 0 Å². The summed E-state index contributed by atoms with van der Waals surface area (Å²) in [4.78, 5) is 4.02. The zero-order chi connectivity index (χ0) is 11.7. The first-order valence-electron chi connectivity index (χ1n) is 5.64. The highest BCUT2D eigenvalue weighted by Crippen LogP contribution is 2.30. The van der Waals surface area contributed by atoms with Crippen LogP contribution in [-0.2, 0) is 11.3 Å². The van der Waals surface area contributed by atoms with Crippen molar-refractivity contribution >= 4 is 0 Å². The van der Waals surface area contributed by atoms with Crippen molar-refractivity contribution in [2.24, 2.45) is 0 Å². The maximum absolute atomic E-state index is 5.59. The standard InChI is InChI=1S/C14H13NO2/c1-10-16-9-13-8-12(2-3-14(13)17-10)11-4-6-15-7-5-11/h2-8,10H,9H2,1H3/t10-/m0/s1. The topological polar surface area (TPSA) is 31.4 Å². The van der Waals surface area contributed by atoms with Crippen molar-refractivity contribution in [3.8, 4) is 16.9 Å². The Balaban J connectivity index is 1.99. The third-order valence-electron chi connectivity index (χ3n) is 2.84. The Kier molecular flexibility index (Phi) is 2.53. The normalized spacial score (nSPS) is 18.3. The van der Waals surface area contributed by atoms with E-state index in [1.165, 1.54) is 0 Å². The van der Waals surface area contributed by atoms with Crippen LogP contribution in [0.25, 0.3) is 11.1 Å². The highest BCUT2D eigenvalue weighted by atomic mass is 16.7. The highest BCUT2D eigenvalue weighted by molar-refractivity contribution is 5.65. The average Bonchev–Trinajstić information content (AvgIpc) is 2.39. The largest absolute Gasteiger partial charge is 0.465 e. The predicted molar refractivity (Wildman–Crippen MR) is 64.6 cm³/mol. The molecule has 0 N–H and O–H groups in total. The molecule has 1 aromatic heterocycles. The van der Waals surface area contributed by atoms with E-state index < -0.39 is 0 Å². The zero-order valence-corrected chi connectivity index (χ0v) is 9.59. The van der Waals surface area contributed by atoms with Crippen molar-refractivity contribution in [2.45, 2.75) is 19.8 Å². The summed E-state index contributed by atoms with van der Waals surface area (Å²) in [6.45, 7) is 2.51. The molecule has 0 saturated carbocycles. The second-order valence-electron chi connectivity index (χ2n) is 4.05. The molecular formula is C14H13NO2. The van der Waals surface area contributed by atoms with Gasteiger partial charge in [0.15, 0.2) is 6.29 Å². The van der Waals surface area contributed by atoms with Gasteiger partial charge in [-0.3, -0.25) is 4.98 Å². The fourth-order valence-corrected chi connectivity index (χ4v) is 1.95. The van der Waals surface area contributed by atoms with Crippen LogP contribution in [-0.4, -0.2) is 11.3 Å². The third kappa shape index (κ3) is 2.01. The van der Waals surface area contributed by atoms with Crippen molar-refractivity contribution in [2.75, 3.05) is 0 Å². The molecule has 0 radical (unpaired) electrons. The Bertz CT molecular complexity index is 525. The molecule has 1 aliphatic heterocycles. The molecule has 1 aromatic carbocycles. The molecule has 86 valence electrons. The van der Waals surface area contributed by atoms with Gasteiger partial charge >= 0.3 is 0 Å². The van der Waals surface area contributed by atoms with E-state index in [4.69, 9.17) is 9.47 Å². The molecule has 17 heavy (non-hydrogen) atoms. The smallest absolute Gasteiger partial charge is 0.197 e. The average molecular weight is 227 g/mol. The van der Waals surface area contributed by atoms with Gasteiger partial charge in [-0.25, -0.2) is 0 Å². The Hall–Kier alpha value is -1.87. The molecule has 3 nitrogen and oxygen atoms in total. The lowest BCUT2D eigenvalue weighted by Crippen LogP contribution is -2.21. The van der Waals surface area contributed by atoms with E-state index in [0.717, 1.165) is 22.4 Å². The second kappa shape index (κ2) is 4.18. The Morgan fingerprint density at radius 1 is 1.12 bits per heavy atom. The molecule has 0 aliphatic carbocycles. The molecule has 0 bridgehead atoms. The number of nitrogens with zero attached hydrogens (tertiary/aromatic N) is 1. The molecule has 3 rings (SSSR count). The second-order valence-corrected chi connectivity index (χ2v) is 4.05. The summed E-state index contributed by atoms with van der Waals surface area (Å²) < 4.78 is 11.0. The van der Waals surface area contributed by atoms with Crippen LogP contribution in [0.2, 0.25) is 0 Å². The Morgan fingerprint density at radius 3 is 2.76 bits per heavy atom. The molecule has 3 heteroatoms. The van der Waals surface area contributed by atoms with Crippen molar-refractivity contribution in [3.63, 3.8) is 0 Å². The number of ether oxygens (including phenoxy) is 2. The number of aromatic nitrogens is 1. The van der Waals surface area contributed by atoms with E-state index >= 15 is 0 Å². The molecule has 0 unspecified atom stereocenters. The first-order valence-corrected chi connectivity index (χ1v) is 5.64. The van der Waals surface area contributed by atoms with Crippen molar-refractivity contribution in [3.05, 3.63) is 48.3 Å². The molecule has 0 saturated heterocycles. The maximum Gasteiger partial charge on any atom is 0.197 e. The van der Waals surface area contributed by atoms with Crippen LogP contribution >= 0.6 is 0 Å². The van der Waals surface area contributed by atoms with Crippen LogP contribution in [0.15, 0.2) is 42.7 Å². The molecule has 1 aliphatic rings. The summed E-state index contributed by atoms with van der Waals surface area (Å²) in [7, 11) is 0. The molecule has 0 amide bonds. The SMILES string of the molecule is C[C@H]1OCc2cc(-c3ccncc3)ccc2O1. The van der Waals surface area contributed by atoms with Gasteiger partial charge in [0.2, 0.25) is 0 Å². The first-order chi connectivity index (χ1) is 8.33. The zero-order valence-electron chi connectivity index (χ0n) is 9.59. The van der Waals surface area contributed by atoms with E-state index in [1.807, 2.05) is 25.1 Å². The van der Waals surface area contributed by atoms with Gasteiger partial charge in [-0.05, 0) is 42.3 Å². The maximum atomic E-state index is 5.59. The summed E-state index contributed by atoms with van der Waals surface area (Å²) in [6.07, 6.45) is 3.43. The van der Waals surface area contributed by atoms with E-state index in [9.17, 15) is 0 Å². The lowest BCUT2D eigenvalue weighted by Gasteiger charge is -2.24. The molecular weight excluding hydrogens is 214 g/mol. The van der Waals surface area contributed by atoms with E-state index in [1.54, 1.807) is 12.4 Å². The van der Waals surface area contributed by atoms with Crippen molar-refractivity contribution in [1.29, 1.82) is 0 Å². The van der Waals surface area contributed by atoms with Gasteiger partial charge in [0.1, 0.15) is 5.75 Å². The van der Waals surface area contributed by atoms with Crippen LogP contribution in [0.5, 0.6) is 5.75 Å². The minimum Gasteiger partial charge on any atom is -0.465 e. The quantitative estimate of drug-likeness (QED) is 0.750. The van der Waals surface area contributed by atoms with Crippen LogP contribution < -0.4 is 4.74 Å². The van der Waals surface area contributed by atoms with E-state index in [-0.39, 0.29) is 6.29 Å². The monoisotopic (exact) mass is 227 g/mol. The molecule has 1 atom stereocenters. The molecule has 2 aromatic rings. The van der Waals surface area contributed by atoms with Gasteiger partial charge in [0.05, 0.1) is 6.61 Å². The summed E-state index contributed by atoms with van der Waals surface area (Å²) in [5.41, 5.74) is 3.41. The number of fused-ring (bicyclic) bond motifs is 1. The number of rotatable bonds is 1. The van der Waals surface area contributed by atoms with E-state index in [0.29, 0.717) is 6.61 Å². The van der Waals surface area contributed by atoms with Gasteiger partial charge < -0.3 is 9.47 Å². The Labute approximate surface area is 100 Å². The van der Waals surface area contributed by atoms with Crippen LogP contribution in [0, 0.1) is 0 Å². The van der Waals surface area contributed by atoms with Gasteiger partial charge in [0, 0.05) is 18.0 Å². The fraction of sp³-hybridized carbons (Fsp3) is 0.214. The van der Waals surface area contributed by atoms with Crippen molar-refractivity contribution < 1.29 is 9.47 Å². The van der Waals surface area contributed by atoms with E-state index in [2.05, 4.69) is 17.1 Å². The number of benzene rings is 1. The van der Waals surface area contributed by atoms with Gasteiger partial charge in [-0.2, -0.15) is 0 Å². The highest BCUT2D eigenvalue weighted by Gasteiger charge is 2.16. The number of hydrogen-bond acceptors (Lipinski definition) is 3. The van der Waals surface area contributed by atoms with Crippen LogP contribution in [0.3, 0.4) is 0 Å². The predicted octanol–water partition coefficient (Wildman–Crippen LogP) is 3.00. The van der Waals surface area contributed by atoms with Gasteiger partial charge in [-0.15, -0.1) is 0 Å². The number of hydrogen-bond donors (Lipinski definition) is 0. The van der Waals surface area contributed by atoms with Crippen molar-refractivity contribution in [1.82, 2.24) is 4.98 Å². The lowest BCUT2D eigenvalue weighted by molar-refractivity contribution is -0.0943. The molecule has 2 heterocycles. The summed E-state index contributed by atoms with van der Waals surface area (Å²) >= 11 is 0. The fourth-order valence-electron chi connectivity index (χ4n) is 1.95. The molecule has 0 fully saturated rings. The van der Waals surface area contributed by atoms with Crippen LogP contribution in [0.1, 0.15) is 12.5 Å². The first kappa shape index (κ1) is 10.3. The summed E-state index contributed by atoms with van der Waals surface area (Å²) in [5, 5.41) is 0. The summed E-state index contributed by atoms with van der Waals surface area (Å²) in [5.74, 6) is 0.918. The van der Waals surface area contributed by atoms with Crippen LogP contribution in [0.4, 0.5) is 0 Å². The third-order valence-corrected chi connectivity index (χ3v) is 2.84. The lowest BCUT2D eigenvalue weighted by atomic mass is 10.0.